The molecule has 9 nitrogen and oxygen atoms in total. The molecule has 0 saturated carbocycles. The van der Waals surface area contributed by atoms with Gasteiger partial charge in [0.15, 0.2) is 11.7 Å². The summed E-state index contributed by atoms with van der Waals surface area (Å²) in [5.41, 5.74) is 1.45. The van der Waals surface area contributed by atoms with E-state index in [4.69, 9.17) is 18.9 Å². The van der Waals surface area contributed by atoms with Crippen LogP contribution in [0, 0.1) is 6.92 Å². The largest absolute Gasteiger partial charge is 0.497 e. The Morgan fingerprint density at radius 1 is 0.971 bits per heavy atom. The molecule has 2 aromatic carbocycles. The number of hydrogen-bond donors (Lipinski definition) is 0. The molecule has 0 bridgehead atoms. The van der Waals surface area contributed by atoms with E-state index in [0.717, 1.165) is 16.9 Å². The van der Waals surface area contributed by atoms with Crippen LogP contribution in [0.15, 0.2) is 48.5 Å². The average Bonchev–Trinajstić information content (AvgIpc) is 3.27. The van der Waals surface area contributed by atoms with Crippen LogP contribution >= 0.6 is 11.3 Å². The zero-order valence-electron chi connectivity index (χ0n) is 19.9. The average molecular weight is 499 g/mol. The summed E-state index contributed by atoms with van der Waals surface area (Å²) in [5.74, 6) is -0.949. The summed E-state index contributed by atoms with van der Waals surface area (Å²) in [4.78, 5) is 44.2. The summed E-state index contributed by atoms with van der Waals surface area (Å²) >= 11 is 1.05. The second-order valence-electron chi connectivity index (χ2n) is 7.24. The molecule has 1 amide bonds. The van der Waals surface area contributed by atoms with Crippen molar-refractivity contribution in [1.82, 2.24) is 4.98 Å². The summed E-state index contributed by atoms with van der Waals surface area (Å²) in [6.45, 7) is 3.26. The Labute approximate surface area is 207 Å². The third-order valence-corrected chi connectivity index (χ3v) is 6.08. The highest BCUT2D eigenvalue weighted by atomic mass is 32.1. The highest BCUT2D eigenvalue weighted by Gasteiger charge is 2.26. The number of amides is 1. The van der Waals surface area contributed by atoms with Gasteiger partial charge in [0, 0.05) is 6.07 Å². The van der Waals surface area contributed by atoms with Crippen molar-refractivity contribution in [3.8, 4) is 11.5 Å². The lowest BCUT2D eigenvalue weighted by atomic mass is 10.2. The Morgan fingerprint density at radius 3 is 2.37 bits per heavy atom. The number of thiazole rings is 1. The molecular weight excluding hydrogens is 472 g/mol. The summed E-state index contributed by atoms with van der Waals surface area (Å²) < 4.78 is 20.8. The van der Waals surface area contributed by atoms with Crippen molar-refractivity contribution in [3.63, 3.8) is 0 Å². The van der Waals surface area contributed by atoms with Crippen molar-refractivity contribution in [2.75, 3.05) is 32.3 Å². The lowest BCUT2D eigenvalue weighted by molar-refractivity contribution is -0.121. The van der Waals surface area contributed by atoms with Crippen LogP contribution in [0.3, 0.4) is 0 Å². The maximum atomic E-state index is 13.2. The van der Waals surface area contributed by atoms with E-state index >= 15 is 0 Å². The van der Waals surface area contributed by atoms with Crippen LogP contribution in [0.2, 0.25) is 0 Å². The van der Waals surface area contributed by atoms with Gasteiger partial charge in [-0.3, -0.25) is 9.69 Å². The van der Waals surface area contributed by atoms with Crippen LogP contribution in [0.1, 0.15) is 38.2 Å². The Bertz CT molecular complexity index is 1190. The fraction of sp³-hybridized carbons (Fsp3) is 0.280. The van der Waals surface area contributed by atoms with Crippen LogP contribution in [-0.4, -0.2) is 50.3 Å². The number of carbonyl (C=O) groups excluding carboxylic acids is 3. The Morgan fingerprint density at radius 2 is 1.71 bits per heavy atom. The molecular formula is C25H26N2O7S. The van der Waals surface area contributed by atoms with Crippen molar-refractivity contribution < 1.29 is 33.3 Å². The van der Waals surface area contributed by atoms with Gasteiger partial charge in [0.1, 0.15) is 21.9 Å². The van der Waals surface area contributed by atoms with Gasteiger partial charge in [0.05, 0.1) is 33.1 Å². The summed E-state index contributed by atoms with van der Waals surface area (Å²) in [7, 11) is 2.92. The van der Waals surface area contributed by atoms with Gasteiger partial charge in [0.25, 0.3) is 5.91 Å². The van der Waals surface area contributed by atoms with Crippen LogP contribution in [0.25, 0.3) is 0 Å². The molecule has 0 N–H and O–H groups in total. The van der Waals surface area contributed by atoms with Crippen LogP contribution in [-0.2, 0) is 20.8 Å². The minimum Gasteiger partial charge on any atom is -0.497 e. The lowest BCUT2D eigenvalue weighted by Crippen LogP contribution is -2.34. The van der Waals surface area contributed by atoms with E-state index in [0.29, 0.717) is 21.5 Å². The van der Waals surface area contributed by atoms with E-state index in [9.17, 15) is 14.4 Å². The minimum absolute atomic E-state index is 0.158. The first-order valence-corrected chi connectivity index (χ1v) is 11.6. The van der Waals surface area contributed by atoms with E-state index < -0.39 is 24.5 Å². The van der Waals surface area contributed by atoms with Crippen molar-refractivity contribution in [3.05, 3.63) is 70.2 Å². The quantitative estimate of drug-likeness (QED) is 0.386. The second kappa shape index (κ2) is 12.0. The number of methoxy groups -OCH3 is 2. The molecule has 1 aromatic heterocycles. The molecule has 0 radical (unpaired) electrons. The molecule has 0 saturated heterocycles. The number of ether oxygens (including phenoxy) is 4. The molecule has 0 spiro atoms. The molecule has 184 valence electrons. The molecule has 3 aromatic rings. The Hall–Kier alpha value is -3.92. The molecule has 0 unspecified atom stereocenters. The second-order valence-corrected chi connectivity index (χ2v) is 8.22. The van der Waals surface area contributed by atoms with Crippen molar-refractivity contribution in [1.29, 1.82) is 0 Å². The monoisotopic (exact) mass is 498 g/mol. The number of aryl methyl sites for hydroxylation is 1. The fourth-order valence-corrected chi connectivity index (χ4v) is 4.14. The molecule has 35 heavy (non-hydrogen) atoms. The molecule has 0 aliphatic carbocycles. The van der Waals surface area contributed by atoms with Gasteiger partial charge in [-0.15, -0.1) is 0 Å². The lowest BCUT2D eigenvalue weighted by Gasteiger charge is -2.20. The number of anilines is 1. The first-order valence-electron chi connectivity index (χ1n) is 10.8. The number of esters is 2. The number of hydrogen-bond acceptors (Lipinski definition) is 9. The number of benzene rings is 2. The third-order valence-electron chi connectivity index (χ3n) is 4.92. The third kappa shape index (κ3) is 6.36. The van der Waals surface area contributed by atoms with Gasteiger partial charge in [-0.2, -0.15) is 0 Å². The maximum absolute atomic E-state index is 13.2. The van der Waals surface area contributed by atoms with E-state index in [-0.39, 0.29) is 24.5 Å². The molecule has 0 aliphatic rings. The molecule has 10 heteroatoms. The Balaban J connectivity index is 1.82. The molecule has 1 heterocycles. The zero-order valence-corrected chi connectivity index (χ0v) is 20.7. The van der Waals surface area contributed by atoms with E-state index in [1.807, 2.05) is 30.3 Å². The van der Waals surface area contributed by atoms with Gasteiger partial charge in [-0.05, 0) is 31.5 Å². The molecule has 3 rings (SSSR count). The summed E-state index contributed by atoms with van der Waals surface area (Å²) in [6, 6.07) is 13.9. The minimum atomic E-state index is -0.722. The summed E-state index contributed by atoms with van der Waals surface area (Å²) in [6.07, 6.45) is 0. The predicted octanol–water partition coefficient (Wildman–Crippen LogP) is 4.04. The summed E-state index contributed by atoms with van der Waals surface area (Å²) in [5, 5.41) is 0.303. The standard InChI is InChI=1S/C25H26N2O7S/c1-5-33-24(30)22-16(2)26-25(35-22)27(14-17-9-7-6-8-10-17)21(28)15-34-23(29)19-12-11-18(31-3)13-20(19)32-4/h6-13H,5,14-15H2,1-4H3. The first-order chi connectivity index (χ1) is 16.9. The number of carbonyl (C=O) groups is 3. The van der Waals surface area contributed by atoms with Gasteiger partial charge >= 0.3 is 11.9 Å². The van der Waals surface area contributed by atoms with Gasteiger partial charge < -0.3 is 18.9 Å². The highest BCUT2D eigenvalue weighted by molar-refractivity contribution is 7.17. The number of rotatable bonds is 10. The normalized spacial score (nSPS) is 10.4. The predicted molar refractivity (Wildman–Crippen MR) is 130 cm³/mol. The van der Waals surface area contributed by atoms with Crippen molar-refractivity contribution >= 4 is 34.3 Å². The SMILES string of the molecule is CCOC(=O)c1sc(N(Cc2ccccc2)C(=O)COC(=O)c2ccc(OC)cc2OC)nc1C. The van der Waals surface area contributed by atoms with Crippen LogP contribution < -0.4 is 14.4 Å². The molecule has 0 fully saturated rings. The highest BCUT2D eigenvalue weighted by Crippen LogP contribution is 2.29. The topological polar surface area (TPSA) is 104 Å². The van der Waals surface area contributed by atoms with E-state index in [1.165, 1.54) is 25.2 Å². The van der Waals surface area contributed by atoms with Gasteiger partial charge in [-0.1, -0.05) is 41.7 Å². The number of aromatic nitrogens is 1. The van der Waals surface area contributed by atoms with Gasteiger partial charge in [-0.25, -0.2) is 14.6 Å². The van der Waals surface area contributed by atoms with Crippen molar-refractivity contribution in [2.45, 2.75) is 20.4 Å². The zero-order chi connectivity index (χ0) is 25.4. The fourth-order valence-electron chi connectivity index (χ4n) is 3.16. The van der Waals surface area contributed by atoms with Gasteiger partial charge in [0.2, 0.25) is 0 Å². The Kier molecular flexibility index (Phi) is 8.80. The smallest absolute Gasteiger partial charge is 0.350 e. The first kappa shape index (κ1) is 25.7. The molecule has 0 atom stereocenters. The van der Waals surface area contributed by atoms with E-state index in [1.54, 1.807) is 26.0 Å². The van der Waals surface area contributed by atoms with Crippen molar-refractivity contribution in [2.24, 2.45) is 0 Å². The number of nitrogens with zero attached hydrogens (tertiary/aromatic N) is 2. The van der Waals surface area contributed by atoms with E-state index in [2.05, 4.69) is 4.98 Å². The van der Waals surface area contributed by atoms with Crippen LogP contribution in [0.5, 0.6) is 11.5 Å². The maximum Gasteiger partial charge on any atom is 0.350 e. The molecule has 0 aliphatic heterocycles. The van der Waals surface area contributed by atoms with Crippen LogP contribution in [0.4, 0.5) is 5.13 Å².